The van der Waals surface area contributed by atoms with Crippen LogP contribution in [0.1, 0.15) is 39.9 Å². The summed E-state index contributed by atoms with van der Waals surface area (Å²) in [6.07, 6.45) is 9.35. The van der Waals surface area contributed by atoms with Crippen LogP contribution < -0.4 is 21.7 Å². The first kappa shape index (κ1) is 26.0. The van der Waals surface area contributed by atoms with Crippen LogP contribution in [0, 0.1) is 24.0 Å². The molecule has 35 heavy (non-hydrogen) atoms. The van der Waals surface area contributed by atoms with Crippen molar-refractivity contribution >= 4 is 29.0 Å². The van der Waals surface area contributed by atoms with Gasteiger partial charge in [-0.2, -0.15) is 0 Å². The molecule has 0 unspecified atom stereocenters. The van der Waals surface area contributed by atoms with Crippen molar-refractivity contribution in [2.45, 2.75) is 19.8 Å². The summed E-state index contributed by atoms with van der Waals surface area (Å²) >= 11 is 0. The summed E-state index contributed by atoms with van der Waals surface area (Å²) in [6.45, 7) is 4.70. The molecule has 0 aliphatic carbocycles. The van der Waals surface area contributed by atoms with Gasteiger partial charge in [0.1, 0.15) is 11.6 Å². The molecule has 0 spiro atoms. The molecule has 0 saturated carbocycles. The van der Waals surface area contributed by atoms with Crippen LogP contribution in [0.2, 0.25) is 0 Å². The normalized spacial score (nSPS) is 15.5. The van der Waals surface area contributed by atoms with Crippen LogP contribution in [0.15, 0.2) is 54.8 Å². The molecule has 0 bridgehead atoms. The molecule has 0 aromatic heterocycles. The Labute approximate surface area is 204 Å². The molecular formula is C27H31F2N5O. The van der Waals surface area contributed by atoms with Crippen molar-refractivity contribution in [1.29, 1.82) is 5.41 Å². The second kappa shape index (κ2) is 12.7. The summed E-state index contributed by atoms with van der Waals surface area (Å²) in [5.74, 6) is -1.22. The highest BCUT2D eigenvalue weighted by Gasteiger charge is 2.18. The van der Waals surface area contributed by atoms with Crippen molar-refractivity contribution in [2.24, 2.45) is 5.73 Å². The lowest BCUT2D eigenvalue weighted by Crippen LogP contribution is -2.20. The number of rotatable bonds is 5. The molecule has 2 aromatic carbocycles. The minimum Gasteiger partial charge on any atom is -0.405 e. The smallest absolute Gasteiger partial charge is 0.255 e. The van der Waals surface area contributed by atoms with Gasteiger partial charge in [-0.1, -0.05) is 18.2 Å². The molecule has 4 rings (SSSR count). The Morgan fingerprint density at radius 1 is 1.03 bits per heavy atom. The van der Waals surface area contributed by atoms with Crippen LogP contribution in [0.4, 0.5) is 14.5 Å². The van der Waals surface area contributed by atoms with Crippen molar-refractivity contribution in [2.75, 3.05) is 31.5 Å². The van der Waals surface area contributed by atoms with E-state index in [-0.39, 0.29) is 11.4 Å². The van der Waals surface area contributed by atoms with Crippen LogP contribution >= 0.6 is 0 Å². The van der Waals surface area contributed by atoms with E-state index in [1.54, 1.807) is 31.2 Å². The van der Waals surface area contributed by atoms with Crippen LogP contribution in [0.5, 0.6) is 0 Å². The highest BCUT2D eigenvalue weighted by molar-refractivity contribution is 6.05. The molecule has 8 heteroatoms. The van der Waals surface area contributed by atoms with Gasteiger partial charge in [-0.25, -0.2) is 8.78 Å². The Hall–Kier alpha value is -3.62. The average molecular weight is 480 g/mol. The van der Waals surface area contributed by atoms with E-state index in [0.717, 1.165) is 49.8 Å². The molecule has 0 saturated heterocycles. The standard InChI is InChI=1S/C24H25F2N3O.C3H6N2/c1-15-22(5-4-20(23(15)26)17-8-12-28-13-9-17)29-24(30)18-2-3-19(21(25)14-18)16-6-10-27-11-7-16;4-2-1-3-5/h2-6,8,14,27-28H,7,9-13H2,1H3,(H,29,30);1-4H,5H2/b;3-1-,4-2?. The van der Waals surface area contributed by atoms with Gasteiger partial charge >= 0.3 is 0 Å². The molecular weight excluding hydrogens is 448 g/mol. The molecule has 6 N–H and O–H groups in total. The largest absolute Gasteiger partial charge is 0.405 e. The van der Waals surface area contributed by atoms with E-state index in [4.69, 9.17) is 11.1 Å². The third-order valence-corrected chi connectivity index (χ3v) is 5.89. The monoisotopic (exact) mass is 479 g/mol. The second-order valence-corrected chi connectivity index (χ2v) is 8.17. The third-order valence-electron chi connectivity index (χ3n) is 5.89. The Balaban J connectivity index is 0.000000623. The molecule has 2 heterocycles. The van der Waals surface area contributed by atoms with Crippen molar-refractivity contribution in [1.82, 2.24) is 10.6 Å². The summed E-state index contributed by atoms with van der Waals surface area (Å²) in [4.78, 5) is 12.7. The molecule has 1 amide bonds. The van der Waals surface area contributed by atoms with Gasteiger partial charge in [0.2, 0.25) is 0 Å². The summed E-state index contributed by atoms with van der Waals surface area (Å²) in [7, 11) is 0. The number of nitrogens with one attached hydrogen (secondary N) is 4. The molecule has 0 fully saturated rings. The SMILES string of the molecule is Cc1c(NC(=O)c2ccc(C3=CCNCC3)c(F)c2)ccc(C2=CCNCC2)c1F.N=C/C=C\N. The first-order chi connectivity index (χ1) is 17.0. The number of carbonyl (C=O) groups is 1. The fourth-order valence-electron chi connectivity index (χ4n) is 3.97. The lowest BCUT2D eigenvalue weighted by atomic mass is 9.96. The summed E-state index contributed by atoms with van der Waals surface area (Å²) < 4.78 is 29.6. The second-order valence-electron chi connectivity index (χ2n) is 8.17. The Morgan fingerprint density at radius 3 is 2.17 bits per heavy atom. The number of allylic oxidation sites excluding steroid dienone is 1. The molecule has 6 nitrogen and oxygen atoms in total. The molecule has 0 radical (unpaired) electrons. The summed E-state index contributed by atoms with van der Waals surface area (Å²) in [5.41, 5.74) is 8.78. The third kappa shape index (κ3) is 6.71. The molecule has 2 aliphatic rings. The summed E-state index contributed by atoms with van der Waals surface area (Å²) in [6, 6.07) is 7.90. The van der Waals surface area contributed by atoms with Gasteiger partial charge in [-0.3, -0.25) is 4.79 Å². The topological polar surface area (TPSA) is 103 Å². The highest BCUT2D eigenvalue weighted by atomic mass is 19.1. The molecule has 2 aromatic rings. The number of halogens is 2. The van der Waals surface area contributed by atoms with Crippen molar-refractivity contribution in [3.8, 4) is 0 Å². The van der Waals surface area contributed by atoms with E-state index in [2.05, 4.69) is 16.0 Å². The molecule has 184 valence electrons. The zero-order valence-corrected chi connectivity index (χ0v) is 19.8. The summed E-state index contributed by atoms with van der Waals surface area (Å²) in [5, 5.41) is 15.4. The van der Waals surface area contributed by atoms with Gasteiger partial charge in [-0.05, 0) is 80.5 Å². The van der Waals surface area contributed by atoms with Crippen LogP contribution in [-0.2, 0) is 0 Å². The first-order valence-electron chi connectivity index (χ1n) is 11.5. The molecule has 0 atom stereocenters. The number of anilines is 1. The van der Waals surface area contributed by atoms with Crippen molar-refractivity contribution in [3.63, 3.8) is 0 Å². The Kier molecular flexibility index (Phi) is 9.46. The highest BCUT2D eigenvalue weighted by Crippen LogP contribution is 2.29. The minimum absolute atomic E-state index is 0.204. The Morgan fingerprint density at radius 2 is 1.66 bits per heavy atom. The fourth-order valence-corrected chi connectivity index (χ4v) is 3.97. The number of amides is 1. The molecule has 2 aliphatic heterocycles. The van der Waals surface area contributed by atoms with Gasteiger partial charge in [0.15, 0.2) is 0 Å². The quantitative estimate of drug-likeness (QED) is 0.411. The lowest BCUT2D eigenvalue weighted by Gasteiger charge is -2.18. The predicted octanol–water partition coefficient (Wildman–Crippen LogP) is 4.39. The number of hydrogen-bond donors (Lipinski definition) is 5. The van der Waals surface area contributed by atoms with Gasteiger partial charge in [0.25, 0.3) is 5.91 Å². The van der Waals surface area contributed by atoms with Gasteiger partial charge in [0.05, 0.1) is 0 Å². The van der Waals surface area contributed by atoms with Crippen LogP contribution in [0.3, 0.4) is 0 Å². The minimum atomic E-state index is -0.462. The van der Waals surface area contributed by atoms with Gasteiger partial charge in [-0.15, -0.1) is 0 Å². The number of nitrogens with two attached hydrogens (primary N) is 1. The van der Waals surface area contributed by atoms with Crippen LogP contribution in [0.25, 0.3) is 11.1 Å². The van der Waals surface area contributed by atoms with E-state index >= 15 is 0 Å². The van der Waals surface area contributed by atoms with E-state index in [9.17, 15) is 13.6 Å². The van der Waals surface area contributed by atoms with Crippen molar-refractivity contribution in [3.05, 3.63) is 88.6 Å². The first-order valence-corrected chi connectivity index (χ1v) is 11.5. The van der Waals surface area contributed by atoms with E-state index < -0.39 is 11.7 Å². The van der Waals surface area contributed by atoms with Gasteiger partial charge in [0, 0.05) is 47.2 Å². The average Bonchev–Trinajstić information content (AvgIpc) is 2.88. The Bertz CT molecular complexity index is 1170. The maximum absolute atomic E-state index is 14.9. The maximum atomic E-state index is 14.9. The number of benzene rings is 2. The van der Waals surface area contributed by atoms with E-state index in [1.165, 1.54) is 18.3 Å². The predicted molar refractivity (Wildman–Crippen MR) is 139 cm³/mol. The van der Waals surface area contributed by atoms with E-state index in [1.807, 2.05) is 12.2 Å². The van der Waals surface area contributed by atoms with E-state index in [0.29, 0.717) is 28.9 Å². The van der Waals surface area contributed by atoms with Crippen molar-refractivity contribution < 1.29 is 13.6 Å². The van der Waals surface area contributed by atoms with Gasteiger partial charge < -0.3 is 27.1 Å². The maximum Gasteiger partial charge on any atom is 0.255 e. The number of hydrogen-bond acceptors (Lipinski definition) is 5. The number of carbonyl (C=O) groups excluding carboxylic acids is 1. The zero-order valence-electron chi connectivity index (χ0n) is 19.8. The fraction of sp³-hybridized carbons (Fsp3) is 0.259. The lowest BCUT2D eigenvalue weighted by molar-refractivity contribution is 0.102. The van der Waals surface area contributed by atoms with Crippen LogP contribution in [-0.4, -0.2) is 38.3 Å². The zero-order chi connectivity index (χ0) is 25.2.